The molecule has 1 N–H and O–H groups in total. The van der Waals surface area contributed by atoms with E-state index in [1.54, 1.807) is 0 Å². The van der Waals surface area contributed by atoms with Crippen molar-refractivity contribution in [2.45, 2.75) is 5.75 Å². The maximum absolute atomic E-state index is 13.5. The molecule has 0 aromatic heterocycles. The lowest BCUT2D eigenvalue weighted by Crippen LogP contribution is -2.16. The van der Waals surface area contributed by atoms with E-state index in [4.69, 9.17) is 16.9 Å². The molecule has 0 aliphatic carbocycles. The van der Waals surface area contributed by atoms with Gasteiger partial charge in [-0.3, -0.25) is 4.72 Å². The minimum atomic E-state index is -3.78. The molecule has 0 unspecified atom stereocenters. The average molecular weight is 325 g/mol. The number of benzene rings is 2. The molecular formula is C14H10ClFN2O2S. The maximum Gasteiger partial charge on any atom is 0.237 e. The smallest absolute Gasteiger partial charge is 0.237 e. The Kier molecular flexibility index (Phi) is 4.46. The molecule has 0 aliphatic heterocycles. The summed E-state index contributed by atoms with van der Waals surface area (Å²) in [6, 6.07) is 11.7. The molecule has 0 spiro atoms. The van der Waals surface area contributed by atoms with Gasteiger partial charge in [0.2, 0.25) is 10.0 Å². The van der Waals surface area contributed by atoms with Crippen LogP contribution in [0.5, 0.6) is 0 Å². The van der Waals surface area contributed by atoms with Crippen molar-refractivity contribution in [3.8, 4) is 6.07 Å². The van der Waals surface area contributed by atoms with Gasteiger partial charge in [-0.2, -0.15) is 5.26 Å². The summed E-state index contributed by atoms with van der Waals surface area (Å²) in [7, 11) is -3.78. The van der Waals surface area contributed by atoms with Gasteiger partial charge in [0.25, 0.3) is 0 Å². The van der Waals surface area contributed by atoms with Gasteiger partial charge in [-0.15, -0.1) is 0 Å². The topological polar surface area (TPSA) is 70.0 Å². The van der Waals surface area contributed by atoms with Crippen LogP contribution in [-0.4, -0.2) is 8.42 Å². The first-order valence-corrected chi connectivity index (χ1v) is 7.87. The van der Waals surface area contributed by atoms with Crippen LogP contribution in [0.2, 0.25) is 5.02 Å². The third kappa shape index (κ3) is 4.18. The first kappa shape index (κ1) is 15.3. The summed E-state index contributed by atoms with van der Waals surface area (Å²) in [6.07, 6.45) is 0. The lowest BCUT2D eigenvalue weighted by atomic mass is 10.2. The molecule has 2 aromatic rings. The molecular weight excluding hydrogens is 315 g/mol. The Labute approximate surface area is 126 Å². The number of anilines is 1. The molecule has 0 radical (unpaired) electrons. The highest BCUT2D eigenvalue weighted by Crippen LogP contribution is 2.21. The van der Waals surface area contributed by atoms with E-state index in [-0.39, 0.29) is 16.5 Å². The number of nitrogens with one attached hydrogen (secondary N) is 1. The second kappa shape index (κ2) is 6.12. The lowest BCUT2D eigenvalue weighted by molar-refractivity contribution is 0.598. The van der Waals surface area contributed by atoms with Crippen LogP contribution in [0.4, 0.5) is 10.1 Å². The largest absolute Gasteiger partial charge is 0.280 e. The highest BCUT2D eigenvalue weighted by Gasteiger charge is 2.14. The minimum absolute atomic E-state index is 0.198. The molecule has 0 aliphatic rings. The second-order valence-corrected chi connectivity index (χ2v) is 6.45. The standard InChI is InChI=1S/C14H10ClFN2O2S/c15-12-5-6-13(16)14(7-12)18-21(19,20)9-11-3-1-10(8-17)2-4-11/h1-7,18H,9H2. The van der Waals surface area contributed by atoms with Crippen molar-refractivity contribution in [1.29, 1.82) is 5.26 Å². The van der Waals surface area contributed by atoms with Gasteiger partial charge >= 0.3 is 0 Å². The number of halogens is 2. The summed E-state index contributed by atoms with van der Waals surface area (Å²) in [6.45, 7) is 0. The number of hydrogen-bond acceptors (Lipinski definition) is 3. The van der Waals surface area contributed by atoms with Crippen LogP contribution in [0.15, 0.2) is 42.5 Å². The normalized spacial score (nSPS) is 10.9. The first-order valence-electron chi connectivity index (χ1n) is 5.84. The SMILES string of the molecule is N#Cc1ccc(CS(=O)(=O)Nc2cc(Cl)ccc2F)cc1. The first-order chi connectivity index (χ1) is 9.89. The second-order valence-electron chi connectivity index (χ2n) is 4.29. The maximum atomic E-state index is 13.5. The summed E-state index contributed by atoms with van der Waals surface area (Å²) < 4.78 is 39.7. The van der Waals surface area contributed by atoms with E-state index in [1.165, 1.54) is 36.4 Å². The monoisotopic (exact) mass is 324 g/mol. The molecule has 0 heterocycles. The Bertz CT molecular complexity index is 799. The van der Waals surface area contributed by atoms with Crippen molar-refractivity contribution < 1.29 is 12.8 Å². The van der Waals surface area contributed by atoms with Crippen molar-refractivity contribution in [3.63, 3.8) is 0 Å². The van der Waals surface area contributed by atoms with Crippen molar-refractivity contribution in [2.75, 3.05) is 4.72 Å². The molecule has 7 heteroatoms. The van der Waals surface area contributed by atoms with Crippen LogP contribution >= 0.6 is 11.6 Å². The predicted octanol–water partition coefficient (Wildman–Crippen LogP) is 3.29. The van der Waals surface area contributed by atoms with Crippen LogP contribution in [0.25, 0.3) is 0 Å². The third-order valence-corrected chi connectivity index (χ3v) is 4.11. The number of nitriles is 1. The van der Waals surface area contributed by atoms with Crippen LogP contribution in [-0.2, 0) is 15.8 Å². The Morgan fingerprint density at radius 2 is 1.86 bits per heavy atom. The van der Waals surface area contributed by atoms with E-state index in [1.807, 2.05) is 6.07 Å². The molecule has 2 rings (SSSR count). The van der Waals surface area contributed by atoms with E-state index in [0.717, 1.165) is 6.07 Å². The minimum Gasteiger partial charge on any atom is -0.280 e. The third-order valence-electron chi connectivity index (χ3n) is 2.63. The van der Waals surface area contributed by atoms with Crippen molar-refractivity contribution in [2.24, 2.45) is 0 Å². The fourth-order valence-corrected chi connectivity index (χ4v) is 3.04. The Balaban J connectivity index is 2.18. The summed E-state index contributed by atoms with van der Waals surface area (Å²) in [5.74, 6) is -1.03. The number of hydrogen-bond donors (Lipinski definition) is 1. The summed E-state index contributed by atoms with van der Waals surface area (Å²) >= 11 is 5.71. The van der Waals surface area contributed by atoms with E-state index in [2.05, 4.69) is 4.72 Å². The quantitative estimate of drug-likeness (QED) is 0.938. The summed E-state index contributed by atoms with van der Waals surface area (Å²) in [4.78, 5) is 0. The van der Waals surface area contributed by atoms with Crippen molar-refractivity contribution in [3.05, 3.63) is 64.4 Å². The van der Waals surface area contributed by atoms with Gasteiger partial charge in [0.15, 0.2) is 0 Å². The zero-order valence-electron chi connectivity index (χ0n) is 10.7. The van der Waals surface area contributed by atoms with Crippen molar-refractivity contribution >= 4 is 27.3 Å². The molecule has 2 aromatic carbocycles. The van der Waals surface area contributed by atoms with Gasteiger partial charge in [-0.1, -0.05) is 23.7 Å². The molecule has 108 valence electrons. The number of rotatable bonds is 4. The fraction of sp³-hybridized carbons (Fsp3) is 0.0714. The number of nitrogens with zero attached hydrogens (tertiary/aromatic N) is 1. The van der Waals surface area contributed by atoms with Gasteiger partial charge in [-0.05, 0) is 35.9 Å². The predicted molar refractivity (Wildman–Crippen MR) is 78.8 cm³/mol. The summed E-state index contributed by atoms with van der Waals surface area (Å²) in [5, 5.41) is 8.91. The van der Waals surface area contributed by atoms with Gasteiger partial charge in [0, 0.05) is 5.02 Å². The molecule has 0 amide bonds. The van der Waals surface area contributed by atoms with Crippen LogP contribution in [0.1, 0.15) is 11.1 Å². The van der Waals surface area contributed by atoms with Crippen LogP contribution in [0, 0.1) is 17.1 Å². The fourth-order valence-electron chi connectivity index (χ4n) is 1.67. The molecule has 4 nitrogen and oxygen atoms in total. The Morgan fingerprint density at radius 1 is 1.19 bits per heavy atom. The molecule has 21 heavy (non-hydrogen) atoms. The molecule has 0 atom stereocenters. The van der Waals surface area contributed by atoms with Gasteiger partial charge in [0.05, 0.1) is 23.1 Å². The highest BCUT2D eigenvalue weighted by molar-refractivity contribution is 7.91. The lowest BCUT2D eigenvalue weighted by Gasteiger charge is -2.09. The van der Waals surface area contributed by atoms with Crippen molar-refractivity contribution in [1.82, 2.24) is 0 Å². The van der Waals surface area contributed by atoms with Crippen LogP contribution < -0.4 is 4.72 Å². The van der Waals surface area contributed by atoms with Gasteiger partial charge in [0.1, 0.15) is 5.82 Å². The average Bonchev–Trinajstić information content (AvgIpc) is 2.43. The van der Waals surface area contributed by atoms with Gasteiger partial charge in [-0.25, -0.2) is 12.8 Å². The summed E-state index contributed by atoms with van der Waals surface area (Å²) in [5.41, 5.74) is 0.727. The van der Waals surface area contributed by atoms with E-state index < -0.39 is 15.8 Å². The van der Waals surface area contributed by atoms with E-state index in [0.29, 0.717) is 11.1 Å². The zero-order chi connectivity index (χ0) is 15.5. The molecule has 0 fully saturated rings. The zero-order valence-corrected chi connectivity index (χ0v) is 12.2. The highest BCUT2D eigenvalue weighted by atomic mass is 35.5. The van der Waals surface area contributed by atoms with E-state index in [9.17, 15) is 12.8 Å². The molecule has 0 bridgehead atoms. The number of sulfonamides is 1. The van der Waals surface area contributed by atoms with Gasteiger partial charge < -0.3 is 0 Å². The van der Waals surface area contributed by atoms with E-state index >= 15 is 0 Å². The Hall–Kier alpha value is -2.10. The Morgan fingerprint density at radius 3 is 2.48 bits per heavy atom. The van der Waals surface area contributed by atoms with Crippen LogP contribution in [0.3, 0.4) is 0 Å². The molecule has 0 saturated carbocycles. The molecule has 0 saturated heterocycles.